The molecule has 0 aliphatic carbocycles. The molecule has 2 aliphatic rings. The summed E-state index contributed by atoms with van der Waals surface area (Å²) in [5, 5.41) is 0. The van der Waals surface area contributed by atoms with Crippen molar-refractivity contribution in [2.75, 3.05) is 18.2 Å². The maximum absolute atomic E-state index is 13.7. The number of anilines is 1. The summed E-state index contributed by atoms with van der Waals surface area (Å²) in [6, 6.07) is 5.71. The first-order valence-electron chi connectivity index (χ1n) is 7.65. The monoisotopic (exact) mass is 335 g/mol. The zero-order valence-electron chi connectivity index (χ0n) is 12.7. The van der Waals surface area contributed by atoms with Gasteiger partial charge >= 0.3 is 5.69 Å². The normalized spacial score (nSPS) is 19.1. The van der Waals surface area contributed by atoms with Crippen LogP contribution in [0.15, 0.2) is 29.1 Å². The molecule has 6 nitrogen and oxygen atoms in total. The molecule has 0 bridgehead atoms. The van der Waals surface area contributed by atoms with Gasteiger partial charge in [-0.05, 0) is 12.5 Å². The number of rotatable bonds is 3. The Labute approximate surface area is 136 Å². The van der Waals surface area contributed by atoms with E-state index < -0.39 is 17.3 Å². The van der Waals surface area contributed by atoms with Crippen molar-refractivity contribution in [1.82, 2.24) is 9.55 Å². The first kappa shape index (κ1) is 15.1. The van der Waals surface area contributed by atoms with E-state index in [0.29, 0.717) is 25.7 Å². The Hall–Kier alpha value is -2.48. The van der Waals surface area contributed by atoms with Crippen molar-refractivity contribution in [3.05, 3.63) is 51.9 Å². The molecule has 0 N–H and O–H groups in total. The number of aromatic nitrogens is 2. The third-order valence-corrected chi connectivity index (χ3v) is 4.33. The van der Waals surface area contributed by atoms with Crippen LogP contribution in [0.25, 0.3) is 0 Å². The van der Waals surface area contributed by atoms with Crippen LogP contribution in [0.4, 0.5) is 14.6 Å². The molecule has 4 rings (SSSR count). The molecule has 0 saturated carbocycles. The van der Waals surface area contributed by atoms with E-state index in [2.05, 4.69) is 4.98 Å². The van der Waals surface area contributed by atoms with Crippen molar-refractivity contribution in [1.29, 1.82) is 0 Å². The smallest absolute Gasteiger partial charge is 0.352 e. The van der Waals surface area contributed by atoms with E-state index in [9.17, 15) is 13.6 Å². The zero-order chi connectivity index (χ0) is 16.7. The average Bonchev–Trinajstić information content (AvgIpc) is 2.96. The molecule has 24 heavy (non-hydrogen) atoms. The SMILES string of the molecule is O=c1nc(OCc2cccc(F)c2F)cc2n1C[C@@H]1CCOCN21. The molecule has 3 heterocycles. The highest BCUT2D eigenvalue weighted by Crippen LogP contribution is 2.30. The summed E-state index contributed by atoms with van der Waals surface area (Å²) in [5.41, 5.74) is -0.354. The summed E-state index contributed by atoms with van der Waals surface area (Å²) in [5.74, 6) is -1.14. The minimum absolute atomic E-state index is 0.0663. The molecule has 126 valence electrons. The number of nitrogens with zero attached hydrogens (tertiary/aromatic N) is 3. The van der Waals surface area contributed by atoms with E-state index in [1.807, 2.05) is 4.90 Å². The summed E-state index contributed by atoms with van der Waals surface area (Å²) in [7, 11) is 0. The van der Waals surface area contributed by atoms with Gasteiger partial charge in [-0.3, -0.25) is 4.57 Å². The first-order chi connectivity index (χ1) is 11.6. The van der Waals surface area contributed by atoms with Gasteiger partial charge in [-0.15, -0.1) is 0 Å². The van der Waals surface area contributed by atoms with E-state index in [1.165, 1.54) is 12.1 Å². The predicted octanol–water partition coefficient (Wildman–Crippen LogP) is 1.67. The van der Waals surface area contributed by atoms with E-state index in [-0.39, 0.29) is 24.1 Å². The van der Waals surface area contributed by atoms with Gasteiger partial charge in [0, 0.05) is 18.2 Å². The zero-order valence-corrected chi connectivity index (χ0v) is 12.7. The van der Waals surface area contributed by atoms with Crippen molar-refractivity contribution in [2.24, 2.45) is 0 Å². The quantitative estimate of drug-likeness (QED) is 0.854. The minimum Gasteiger partial charge on any atom is -0.472 e. The summed E-state index contributed by atoms with van der Waals surface area (Å²) < 4.78 is 39.3. The lowest BCUT2D eigenvalue weighted by Gasteiger charge is -2.30. The van der Waals surface area contributed by atoms with Crippen LogP contribution in [0.2, 0.25) is 0 Å². The highest BCUT2D eigenvalue weighted by molar-refractivity contribution is 5.46. The molecule has 0 radical (unpaired) electrons. The van der Waals surface area contributed by atoms with Gasteiger partial charge in [0.1, 0.15) is 19.2 Å². The van der Waals surface area contributed by atoms with Gasteiger partial charge in [-0.1, -0.05) is 12.1 Å². The van der Waals surface area contributed by atoms with Crippen LogP contribution in [-0.2, 0) is 17.9 Å². The standard InChI is InChI=1S/C16H15F2N3O3/c17-12-3-1-2-10(15(12)18)8-24-13-6-14-20(16(22)19-13)7-11-4-5-23-9-21(11)14/h1-3,6,11H,4-5,7-9H2/t11-/m0/s1. The highest BCUT2D eigenvalue weighted by Gasteiger charge is 2.33. The van der Waals surface area contributed by atoms with E-state index in [4.69, 9.17) is 9.47 Å². The Morgan fingerprint density at radius 3 is 3.12 bits per heavy atom. The summed E-state index contributed by atoms with van der Waals surface area (Å²) in [6.07, 6.45) is 0.839. The molecule has 0 unspecified atom stereocenters. The molecule has 1 saturated heterocycles. The van der Waals surface area contributed by atoms with Crippen LogP contribution >= 0.6 is 0 Å². The fraction of sp³-hybridized carbons (Fsp3) is 0.375. The molecular weight excluding hydrogens is 320 g/mol. The number of ether oxygens (including phenoxy) is 2. The maximum Gasteiger partial charge on any atom is 0.352 e. The topological polar surface area (TPSA) is 56.6 Å². The van der Waals surface area contributed by atoms with Crippen LogP contribution in [0.3, 0.4) is 0 Å². The maximum atomic E-state index is 13.7. The van der Waals surface area contributed by atoms with Gasteiger partial charge in [-0.2, -0.15) is 4.98 Å². The molecule has 1 fully saturated rings. The molecule has 0 spiro atoms. The highest BCUT2D eigenvalue weighted by atomic mass is 19.2. The average molecular weight is 335 g/mol. The Kier molecular flexibility index (Phi) is 3.68. The summed E-state index contributed by atoms with van der Waals surface area (Å²) in [6.45, 7) is 1.44. The lowest BCUT2D eigenvalue weighted by atomic mass is 10.2. The van der Waals surface area contributed by atoms with Crippen molar-refractivity contribution >= 4 is 5.82 Å². The molecular formula is C16H15F2N3O3. The van der Waals surface area contributed by atoms with E-state index in [0.717, 1.165) is 12.5 Å². The van der Waals surface area contributed by atoms with Crippen molar-refractivity contribution in [3.63, 3.8) is 0 Å². The van der Waals surface area contributed by atoms with Gasteiger partial charge in [0.2, 0.25) is 5.88 Å². The number of benzene rings is 1. The largest absolute Gasteiger partial charge is 0.472 e. The second-order valence-corrected chi connectivity index (χ2v) is 5.80. The Bertz CT molecular complexity index is 840. The number of halogens is 2. The molecule has 1 atom stereocenters. The predicted molar refractivity (Wildman–Crippen MR) is 80.9 cm³/mol. The van der Waals surface area contributed by atoms with Crippen LogP contribution in [0.1, 0.15) is 12.0 Å². The van der Waals surface area contributed by atoms with E-state index in [1.54, 1.807) is 10.6 Å². The van der Waals surface area contributed by atoms with Crippen LogP contribution in [0.5, 0.6) is 5.88 Å². The Morgan fingerprint density at radius 2 is 2.25 bits per heavy atom. The minimum atomic E-state index is -0.958. The summed E-state index contributed by atoms with van der Waals surface area (Å²) in [4.78, 5) is 18.0. The Balaban J connectivity index is 1.58. The van der Waals surface area contributed by atoms with Gasteiger partial charge in [-0.25, -0.2) is 13.6 Å². The second-order valence-electron chi connectivity index (χ2n) is 5.80. The van der Waals surface area contributed by atoms with E-state index >= 15 is 0 Å². The lowest BCUT2D eigenvalue weighted by Crippen LogP contribution is -2.39. The molecule has 1 aromatic carbocycles. The van der Waals surface area contributed by atoms with Gasteiger partial charge in [0.05, 0.1) is 12.6 Å². The first-order valence-corrected chi connectivity index (χ1v) is 7.65. The third-order valence-electron chi connectivity index (χ3n) is 4.33. The number of hydrogen-bond acceptors (Lipinski definition) is 5. The number of fused-ring (bicyclic) bond motifs is 3. The second kappa shape index (κ2) is 5.86. The van der Waals surface area contributed by atoms with Crippen LogP contribution in [-0.4, -0.2) is 28.9 Å². The third kappa shape index (κ3) is 2.52. The van der Waals surface area contributed by atoms with Crippen molar-refractivity contribution in [2.45, 2.75) is 25.6 Å². The van der Waals surface area contributed by atoms with Crippen molar-refractivity contribution < 1.29 is 18.3 Å². The Morgan fingerprint density at radius 1 is 1.38 bits per heavy atom. The molecule has 2 aromatic rings. The fourth-order valence-corrected chi connectivity index (χ4v) is 3.07. The summed E-state index contributed by atoms with van der Waals surface area (Å²) >= 11 is 0. The van der Waals surface area contributed by atoms with Crippen LogP contribution < -0.4 is 15.3 Å². The molecule has 2 aliphatic heterocycles. The van der Waals surface area contributed by atoms with Crippen molar-refractivity contribution in [3.8, 4) is 5.88 Å². The van der Waals surface area contributed by atoms with Crippen LogP contribution in [0, 0.1) is 11.6 Å². The number of hydrogen-bond donors (Lipinski definition) is 0. The lowest BCUT2D eigenvalue weighted by molar-refractivity contribution is 0.0903. The van der Waals surface area contributed by atoms with Gasteiger partial charge < -0.3 is 14.4 Å². The molecule has 1 aromatic heterocycles. The van der Waals surface area contributed by atoms with Gasteiger partial charge in [0.15, 0.2) is 11.6 Å². The fourth-order valence-electron chi connectivity index (χ4n) is 3.07. The molecule has 0 amide bonds. The van der Waals surface area contributed by atoms with Gasteiger partial charge in [0.25, 0.3) is 0 Å². The molecule has 8 heteroatoms.